The summed E-state index contributed by atoms with van der Waals surface area (Å²) in [5.74, 6) is 3.11. The molecule has 0 aromatic carbocycles. The van der Waals surface area contributed by atoms with E-state index in [1.54, 1.807) is 0 Å². The van der Waals surface area contributed by atoms with E-state index in [1.807, 2.05) is 19.9 Å². The third-order valence-electron chi connectivity index (χ3n) is 3.80. The highest BCUT2D eigenvalue weighted by molar-refractivity contribution is 5.38. The molecule has 1 aliphatic rings. The topological polar surface area (TPSA) is 50.3 Å². The van der Waals surface area contributed by atoms with Gasteiger partial charge in [0.1, 0.15) is 11.6 Å². The second-order valence-electron chi connectivity index (χ2n) is 5.53. The number of hydrogen-bond donors (Lipinski definition) is 1. The van der Waals surface area contributed by atoms with E-state index in [-0.39, 0.29) is 0 Å². The molecule has 0 amide bonds. The van der Waals surface area contributed by atoms with Crippen molar-refractivity contribution in [3.8, 4) is 5.88 Å². The zero-order valence-corrected chi connectivity index (χ0v) is 12.9. The van der Waals surface area contributed by atoms with E-state index in [2.05, 4.69) is 27.2 Å². The summed E-state index contributed by atoms with van der Waals surface area (Å²) in [4.78, 5) is 11.1. The van der Waals surface area contributed by atoms with E-state index in [9.17, 15) is 0 Å². The van der Waals surface area contributed by atoms with Crippen molar-refractivity contribution in [3.05, 3.63) is 11.9 Å². The standard InChI is InChI=1S/C15H26N4O/c1-4-20-15-11-14(17-12(2)18-15)16-8-5-13-6-9-19(3)10-7-13/h11,13H,4-10H2,1-3H3,(H,16,17,18). The highest BCUT2D eigenvalue weighted by atomic mass is 16.5. The molecule has 2 rings (SSSR count). The van der Waals surface area contributed by atoms with Crippen LogP contribution in [0.5, 0.6) is 5.88 Å². The normalized spacial score (nSPS) is 17.1. The largest absolute Gasteiger partial charge is 0.478 e. The number of aryl methyl sites for hydroxylation is 1. The predicted octanol–water partition coefficient (Wildman–Crippen LogP) is 2.33. The van der Waals surface area contributed by atoms with E-state index in [0.717, 1.165) is 24.1 Å². The maximum absolute atomic E-state index is 5.44. The first kappa shape index (κ1) is 15.0. The lowest BCUT2D eigenvalue weighted by Gasteiger charge is -2.28. The minimum absolute atomic E-state index is 0.630. The molecule has 1 N–H and O–H groups in total. The lowest BCUT2D eigenvalue weighted by Crippen LogP contribution is -2.30. The highest BCUT2D eigenvalue weighted by Gasteiger charge is 2.16. The molecule has 112 valence electrons. The maximum Gasteiger partial charge on any atom is 0.218 e. The average molecular weight is 278 g/mol. The van der Waals surface area contributed by atoms with Crippen molar-refractivity contribution in [2.45, 2.75) is 33.1 Å². The Bertz CT molecular complexity index is 416. The number of ether oxygens (including phenoxy) is 1. The van der Waals surface area contributed by atoms with E-state index in [4.69, 9.17) is 4.74 Å². The van der Waals surface area contributed by atoms with E-state index in [0.29, 0.717) is 12.5 Å². The predicted molar refractivity (Wildman–Crippen MR) is 81.3 cm³/mol. The number of nitrogens with zero attached hydrogens (tertiary/aromatic N) is 3. The third kappa shape index (κ3) is 4.63. The molecule has 1 aromatic rings. The number of aromatic nitrogens is 2. The second kappa shape index (κ2) is 7.43. The Labute approximate surface area is 121 Å². The molecule has 0 aliphatic carbocycles. The van der Waals surface area contributed by atoms with Gasteiger partial charge < -0.3 is 15.0 Å². The molecule has 0 spiro atoms. The molecule has 1 aromatic heterocycles. The number of likely N-dealkylation sites (tertiary alicyclic amines) is 1. The summed E-state index contributed by atoms with van der Waals surface area (Å²) in [5, 5.41) is 3.40. The second-order valence-corrected chi connectivity index (χ2v) is 5.53. The Morgan fingerprint density at radius 2 is 2.10 bits per heavy atom. The zero-order chi connectivity index (χ0) is 14.4. The molecule has 0 atom stereocenters. The summed E-state index contributed by atoms with van der Waals surface area (Å²) in [6.45, 7) is 7.91. The van der Waals surface area contributed by atoms with Gasteiger partial charge in [-0.2, -0.15) is 4.98 Å². The van der Waals surface area contributed by atoms with Gasteiger partial charge in [0.25, 0.3) is 0 Å². The first-order valence-electron chi connectivity index (χ1n) is 7.58. The zero-order valence-electron chi connectivity index (χ0n) is 12.9. The van der Waals surface area contributed by atoms with Gasteiger partial charge in [-0.3, -0.25) is 0 Å². The van der Waals surface area contributed by atoms with Crippen molar-refractivity contribution in [2.75, 3.05) is 38.6 Å². The fourth-order valence-corrected chi connectivity index (χ4v) is 2.61. The molecule has 5 heteroatoms. The maximum atomic E-state index is 5.44. The molecule has 1 fully saturated rings. The number of nitrogens with one attached hydrogen (secondary N) is 1. The highest BCUT2D eigenvalue weighted by Crippen LogP contribution is 2.20. The monoisotopic (exact) mass is 278 g/mol. The van der Waals surface area contributed by atoms with Crippen LogP contribution in [0.1, 0.15) is 32.0 Å². The van der Waals surface area contributed by atoms with Crippen LogP contribution >= 0.6 is 0 Å². The quantitative estimate of drug-likeness (QED) is 0.865. The summed E-state index contributed by atoms with van der Waals surface area (Å²) in [6, 6.07) is 1.88. The van der Waals surface area contributed by atoms with Crippen LogP contribution in [0.25, 0.3) is 0 Å². The van der Waals surface area contributed by atoms with Gasteiger partial charge >= 0.3 is 0 Å². The number of anilines is 1. The summed E-state index contributed by atoms with van der Waals surface area (Å²) in [6.07, 6.45) is 3.83. The van der Waals surface area contributed by atoms with Crippen molar-refractivity contribution < 1.29 is 4.74 Å². The first-order chi connectivity index (χ1) is 9.67. The number of piperidine rings is 1. The minimum atomic E-state index is 0.630. The molecule has 20 heavy (non-hydrogen) atoms. The van der Waals surface area contributed by atoms with Crippen LogP contribution in [0.15, 0.2) is 6.07 Å². The lowest BCUT2D eigenvalue weighted by atomic mass is 9.94. The molecule has 0 bridgehead atoms. The fourth-order valence-electron chi connectivity index (χ4n) is 2.61. The van der Waals surface area contributed by atoms with Crippen molar-refractivity contribution >= 4 is 5.82 Å². The van der Waals surface area contributed by atoms with Crippen molar-refractivity contribution in [1.29, 1.82) is 0 Å². The van der Waals surface area contributed by atoms with Crippen molar-refractivity contribution in [3.63, 3.8) is 0 Å². The molecule has 1 aliphatic heterocycles. The summed E-state index contributed by atoms with van der Waals surface area (Å²) in [7, 11) is 2.20. The smallest absolute Gasteiger partial charge is 0.218 e. The van der Waals surface area contributed by atoms with Gasteiger partial charge in [-0.25, -0.2) is 4.98 Å². The van der Waals surface area contributed by atoms with Crippen LogP contribution in [0.2, 0.25) is 0 Å². The first-order valence-corrected chi connectivity index (χ1v) is 7.58. The lowest BCUT2D eigenvalue weighted by molar-refractivity contribution is 0.215. The van der Waals surface area contributed by atoms with E-state index < -0.39 is 0 Å². The van der Waals surface area contributed by atoms with Crippen LogP contribution in [-0.4, -0.2) is 48.2 Å². The Morgan fingerprint density at radius 3 is 2.80 bits per heavy atom. The molecular formula is C15H26N4O. The Hall–Kier alpha value is -1.36. The van der Waals surface area contributed by atoms with Gasteiger partial charge in [-0.1, -0.05) is 0 Å². The molecular weight excluding hydrogens is 252 g/mol. The van der Waals surface area contributed by atoms with Crippen molar-refractivity contribution in [1.82, 2.24) is 14.9 Å². The van der Waals surface area contributed by atoms with Crippen LogP contribution in [0.3, 0.4) is 0 Å². The summed E-state index contributed by atoms with van der Waals surface area (Å²) < 4.78 is 5.44. The summed E-state index contributed by atoms with van der Waals surface area (Å²) >= 11 is 0. The summed E-state index contributed by atoms with van der Waals surface area (Å²) in [5.41, 5.74) is 0. The van der Waals surface area contributed by atoms with Gasteiger partial charge in [0.05, 0.1) is 6.61 Å². The van der Waals surface area contributed by atoms with Gasteiger partial charge in [0.2, 0.25) is 5.88 Å². The Kier molecular flexibility index (Phi) is 5.59. The molecule has 5 nitrogen and oxygen atoms in total. The number of hydrogen-bond acceptors (Lipinski definition) is 5. The van der Waals surface area contributed by atoms with E-state index >= 15 is 0 Å². The Balaban J connectivity index is 1.78. The fraction of sp³-hybridized carbons (Fsp3) is 0.733. The average Bonchev–Trinajstić information content (AvgIpc) is 2.41. The van der Waals surface area contributed by atoms with Crippen LogP contribution in [0.4, 0.5) is 5.82 Å². The molecule has 0 saturated carbocycles. The number of rotatable bonds is 6. The van der Waals surface area contributed by atoms with Gasteiger partial charge in [0, 0.05) is 12.6 Å². The Morgan fingerprint density at radius 1 is 1.35 bits per heavy atom. The SMILES string of the molecule is CCOc1cc(NCCC2CCN(C)CC2)nc(C)n1. The molecule has 0 unspecified atom stereocenters. The van der Waals surface area contributed by atoms with Crippen LogP contribution in [-0.2, 0) is 0 Å². The molecule has 2 heterocycles. The third-order valence-corrected chi connectivity index (χ3v) is 3.80. The minimum Gasteiger partial charge on any atom is -0.478 e. The van der Waals surface area contributed by atoms with Gasteiger partial charge in [0.15, 0.2) is 0 Å². The van der Waals surface area contributed by atoms with Gasteiger partial charge in [-0.05, 0) is 59.2 Å². The molecule has 1 saturated heterocycles. The van der Waals surface area contributed by atoms with Crippen LogP contribution < -0.4 is 10.1 Å². The van der Waals surface area contributed by atoms with Crippen LogP contribution in [0, 0.1) is 12.8 Å². The van der Waals surface area contributed by atoms with E-state index in [1.165, 1.54) is 32.4 Å². The van der Waals surface area contributed by atoms with Crippen molar-refractivity contribution in [2.24, 2.45) is 5.92 Å². The van der Waals surface area contributed by atoms with Gasteiger partial charge in [-0.15, -0.1) is 0 Å². The molecule has 0 radical (unpaired) electrons.